The number of nitrogen functional groups attached to an aromatic ring is 1. The second-order valence-electron chi connectivity index (χ2n) is 7.27. The van der Waals surface area contributed by atoms with E-state index < -0.39 is 23.6 Å². The first-order valence-corrected chi connectivity index (χ1v) is 9.26. The molecule has 2 rings (SSSR count). The van der Waals surface area contributed by atoms with Crippen LogP contribution in [-0.4, -0.2) is 35.1 Å². The molecule has 0 saturated heterocycles. The smallest absolute Gasteiger partial charge is 0.408 e. The first-order chi connectivity index (χ1) is 14.5. The molecule has 4 N–H and O–H groups in total. The third-order valence-corrected chi connectivity index (χ3v) is 3.35. The van der Waals surface area contributed by atoms with Gasteiger partial charge in [0, 0.05) is 6.92 Å². The van der Waals surface area contributed by atoms with Crippen molar-refractivity contribution in [2.24, 2.45) is 10.2 Å². The van der Waals surface area contributed by atoms with Crippen molar-refractivity contribution < 1.29 is 23.9 Å². The second kappa shape index (κ2) is 10.1. The number of anilines is 2. The number of nitrogens with zero attached hydrogens (tertiary/aromatic N) is 3. The van der Waals surface area contributed by atoms with Crippen LogP contribution in [0.1, 0.15) is 27.7 Å². The standard InChI is InChI=1S/C20H24N6O5/c1-12(27)30-15-8-6-5-7-13(15)25-26-14-9-10-16(24-18(14)21)23-17(28)11-22-19(29)31-20(2,3)4/h5-10H,11H2,1-4H3,(H,22,29)(H3,21,23,24,28)/b26-25+. The van der Waals surface area contributed by atoms with E-state index in [0.717, 1.165) is 0 Å². The zero-order valence-electron chi connectivity index (χ0n) is 17.6. The van der Waals surface area contributed by atoms with E-state index in [-0.39, 0.29) is 29.6 Å². The van der Waals surface area contributed by atoms with Gasteiger partial charge in [-0.1, -0.05) is 12.1 Å². The summed E-state index contributed by atoms with van der Waals surface area (Å²) in [7, 11) is 0. The number of nitrogens with two attached hydrogens (primary N) is 1. The molecule has 0 unspecified atom stereocenters. The first kappa shape index (κ1) is 23.3. The molecule has 0 bridgehead atoms. The Morgan fingerprint density at radius 3 is 2.39 bits per heavy atom. The van der Waals surface area contributed by atoms with Gasteiger partial charge in [-0.15, -0.1) is 10.2 Å². The van der Waals surface area contributed by atoms with Gasteiger partial charge in [0.15, 0.2) is 11.6 Å². The monoisotopic (exact) mass is 428 g/mol. The molecule has 11 heteroatoms. The van der Waals surface area contributed by atoms with Crippen LogP contribution in [0.15, 0.2) is 46.6 Å². The number of rotatable bonds is 6. The van der Waals surface area contributed by atoms with E-state index in [1.807, 2.05) is 0 Å². The van der Waals surface area contributed by atoms with Gasteiger partial charge in [0.05, 0.1) is 0 Å². The maximum Gasteiger partial charge on any atom is 0.408 e. The number of aromatic nitrogens is 1. The summed E-state index contributed by atoms with van der Waals surface area (Å²) in [6.45, 7) is 6.13. The molecule has 2 aromatic rings. The number of amides is 2. The Balaban J connectivity index is 1.99. The van der Waals surface area contributed by atoms with Crippen LogP contribution in [0.2, 0.25) is 0 Å². The number of hydrogen-bond acceptors (Lipinski definition) is 9. The lowest BCUT2D eigenvalue weighted by atomic mass is 10.2. The Labute approximate surface area is 179 Å². The van der Waals surface area contributed by atoms with Crippen LogP contribution in [0.4, 0.5) is 27.8 Å². The minimum Gasteiger partial charge on any atom is -0.444 e. The van der Waals surface area contributed by atoms with Crippen LogP contribution in [0.3, 0.4) is 0 Å². The van der Waals surface area contributed by atoms with Crippen molar-refractivity contribution in [1.29, 1.82) is 0 Å². The fourth-order valence-corrected chi connectivity index (χ4v) is 2.16. The molecule has 1 heterocycles. The summed E-state index contributed by atoms with van der Waals surface area (Å²) < 4.78 is 10.1. The Kier molecular flexibility index (Phi) is 7.61. The molecule has 0 saturated carbocycles. The van der Waals surface area contributed by atoms with Gasteiger partial charge in [0.25, 0.3) is 0 Å². The van der Waals surface area contributed by atoms with E-state index in [1.165, 1.54) is 19.1 Å². The molecule has 1 aromatic carbocycles. The number of esters is 1. The topological polar surface area (TPSA) is 157 Å². The SMILES string of the molecule is CC(=O)Oc1ccccc1/N=N/c1ccc(NC(=O)CNC(=O)OC(C)(C)C)nc1N. The number of alkyl carbamates (subject to hydrolysis) is 1. The van der Waals surface area contributed by atoms with Crippen molar-refractivity contribution >= 4 is 41.0 Å². The predicted molar refractivity (Wildman–Crippen MR) is 113 cm³/mol. The molecule has 0 aliphatic carbocycles. The summed E-state index contributed by atoms with van der Waals surface area (Å²) in [5, 5.41) is 12.9. The van der Waals surface area contributed by atoms with Gasteiger partial charge in [-0.3, -0.25) is 9.59 Å². The highest BCUT2D eigenvalue weighted by Crippen LogP contribution is 2.30. The largest absolute Gasteiger partial charge is 0.444 e. The third-order valence-electron chi connectivity index (χ3n) is 3.35. The number of nitrogens with one attached hydrogen (secondary N) is 2. The van der Waals surface area contributed by atoms with Gasteiger partial charge in [-0.05, 0) is 45.0 Å². The summed E-state index contributed by atoms with van der Waals surface area (Å²) in [4.78, 5) is 38.8. The minimum atomic E-state index is -0.708. The number of hydrogen-bond donors (Lipinski definition) is 3. The number of azo groups is 1. The highest BCUT2D eigenvalue weighted by molar-refractivity contribution is 5.93. The Bertz CT molecular complexity index is 1000. The van der Waals surface area contributed by atoms with Gasteiger partial charge in [-0.2, -0.15) is 0 Å². The van der Waals surface area contributed by atoms with Crippen LogP contribution < -0.4 is 21.1 Å². The quantitative estimate of drug-likeness (QED) is 0.361. The maximum atomic E-state index is 12.0. The average Bonchev–Trinajstić information content (AvgIpc) is 2.65. The van der Waals surface area contributed by atoms with E-state index in [1.54, 1.807) is 45.0 Å². The molecule has 0 aliphatic heterocycles. The molecule has 0 spiro atoms. The highest BCUT2D eigenvalue weighted by atomic mass is 16.6. The summed E-state index contributed by atoms with van der Waals surface area (Å²) in [5.41, 5.74) is 5.80. The molecule has 31 heavy (non-hydrogen) atoms. The van der Waals surface area contributed by atoms with Crippen LogP contribution in [0.5, 0.6) is 5.75 Å². The minimum absolute atomic E-state index is 0.0200. The Morgan fingerprint density at radius 2 is 1.74 bits per heavy atom. The van der Waals surface area contributed by atoms with E-state index in [4.69, 9.17) is 15.2 Å². The fraction of sp³-hybridized carbons (Fsp3) is 0.300. The maximum absolute atomic E-state index is 12.0. The van der Waals surface area contributed by atoms with Crippen molar-refractivity contribution in [3.8, 4) is 5.75 Å². The summed E-state index contributed by atoms with van der Waals surface area (Å²) >= 11 is 0. The van der Waals surface area contributed by atoms with E-state index in [0.29, 0.717) is 5.69 Å². The molecular weight excluding hydrogens is 404 g/mol. The molecule has 0 atom stereocenters. The normalized spacial score (nSPS) is 11.1. The van der Waals surface area contributed by atoms with Crippen LogP contribution in [0, 0.1) is 0 Å². The molecule has 0 aliphatic rings. The van der Waals surface area contributed by atoms with Gasteiger partial charge in [0.2, 0.25) is 5.91 Å². The van der Waals surface area contributed by atoms with Crippen molar-refractivity contribution in [2.45, 2.75) is 33.3 Å². The van der Waals surface area contributed by atoms with Gasteiger partial charge >= 0.3 is 12.1 Å². The average molecular weight is 428 g/mol. The van der Waals surface area contributed by atoms with Crippen molar-refractivity contribution in [1.82, 2.24) is 10.3 Å². The summed E-state index contributed by atoms with van der Waals surface area (Å²) in [6.07, 6.45) is -0.708. The van der Waals surface area contributed by atoms with Crippen molar-refractivity contribution in [2.75, 3.05) is 17.6 Å². The Morgan fingerprint density at radius 1 is 1.06 bits per heavy atom. The lowest BCUT2D eigenvalue weighted by Gasteiger charge is -2.19. The molecule has 1 aromatic heterocycles. The number of benzene rings is 1. The van der Waals surface area contributed by atoms with E-state index in [9.17, 15) is 14.4 Å². The molecule has 11 nitrogen and oxygen atoms in total. The Hall–Kier alpha value is -4.02. The number of pyridine rings is 1. The fourth-order valence-electron chi connectivity index (χ4n) is 2.16. The third kappa shape index (κ3) is 8.09. The lowest BCUT2D eigenvalue weighted by molar-refractivity contribution is -0.131. The van der Waals surface area contributed by atoms with Crippen LogP contribution in [0.25, 0.3) is 0 Å². The number of para-hydroxylation sites is 1. The zero-order valence-corrected chi connectivity index (χ0v) is 17.6. The highest BCUT2D eigenvalue weighted by Gasteiger charge is 2.16. The van der Waals surface area contributed by atoms with Crippen LogP contribution >= 0.6 is 0 Å². The zero-order chi connectivity index (χ0) is 23.0. The number of carbonyl (C=O) groups excluding carboxylic acids is 3. The van der Waals surface area contributed by atoms with Gasteiger partial charge < -0.3 is 25.8 Å². The molecular formula is C20H24N6O5. The molecule has 0 fully saturated rings. The summed E-state index contributed by atoms with van der Waals surface area (Å²) in [5.74, 6) is -0.543. The van der Waals surface area contributed by atoms with Gasteiger partial charge in [0.1, 0.15) is 29.3 Å². The van der Waals surface area contributed by atoms with Crippen LogP contribution in [-0.2, 0) is 14.3 Å². The lowest BCUT2D eigenvalue weighted by Crippen LogP contribution is -2.37. The summed E-state index contributed by atoms with van der Waals surface area (Å²) in [6, 6.07) is 9.61. The van der Waals surface area contributed by atoms with E-state index >= 15 is 0 Å². The number of carbonyl (C=O) groups is 3. The number of ether oxygens (including phenoxy) is 2. The molecule has 2 amide bonds. The van der Waals surface area contributed by atoms with Crippen molar-refractivity contribution in [3.05, 3.63) is 36.4 Å². The first-order valence-electron chi connectivity index (χ1n) is 9.26. The van der Waals surface area contributed by atoms with E-state index in [2.05, 4.69) is 25.8 Å². The predicted octanol–water partition coefficient (Wildman–Crippen LogP) is 3.47. The van der Waals surface area contributed by atoms with Crippen molar-refractivity contribution in [3.63, 3.8) is 0 Å². The second-order valence-corrected chi connectivity index (χ2v) is 7.27. The van der Waals surface area contributed by atoms with Gasteiger partial charge in [-0.25, -0.2) is 9.78 Å². The molecule has 0 radical (unpaired) electrons. The molecule has 164 valence electrons.